The Morgan fingerprint density at radius 3 is 2.76 bits per heavy atom. The number of urea groups is 1. The van der Waals surface area contributed by atoms with Crippen molar-refractivity contribution in [2.24, 2.45) is 5.73 Å². The number of nitrogens with one attached hydrogen (secondary N) is 2. The van der Waals surface area contributed by atoms with Gasteiger partial charge in [-0.1, -0.05) is 0 Å². The highest BCUT2D eigenvalue weighted by Gasteiger charge is 2.28. The molecular weight excluding hydrogens is 327 g/mol. The zero-order valence-corrected chi connectivity index (χ0v) is 13.5. The fraction of sp³-hybridized carbons (Fsp3) is 0.294. The number of halogens is 1. The molecule has 2 aromatic rings. The van der Waals surface area contributed by atoms with Crippen molar-refractivity contribution in [1.82, 2.24) is 10.2 Å². The van der Waals surface area contributed by atoms with Crippen LogP contribution in [0.25, 0.3) is 0 Å². The summed E-state index contributed by atoms with van der Waals surface area (Å²) in [5.74, 6) is 0.0375. The van der Waals surface area contributed by atoms with Gasteiger partial charge in [-0.2, -0.15) is 0 Å². The molecule has 3 amide bonds. The van der Waals surface area contributed by atoms with E-state index < -0.39 is 0 Å². The number of nitrogens with two attached hydrogens (primary N) is 1. The first-order valence-electron chi connectivity index (χ1n) is 7.95. The Kier molecular flexibility index (Phi) is 4.99. The molecular formula is C17H19FN4O3. The van der Waals surface area contributed by atoms with E-state index in [0.717, 1.165) is 0 Å². The van der Waals surface area contributed by atoms with Gasteiger partial charge in [-0.05, 0) is 36.8 Å². The van der Waals surface area contributed by atoms with Crippen molar-refractivity contribution < 1.29 is 18.4 Å². The van der Waals surface area contributed by atoms with Crippen LogP contribution in [0, 0.1) is 5.82 Å². The normalized spacial score (nSPS) is 16.7. The van der Waals surface area contributed by atoms with Gasteiger partial charge in [-0.3, -0.25) is 4.79 Å². The van der Waals surface area contributed by atoms with E-state index in [9.17, 15) is 14.0 Å². The van der Waals surface area contributed by atoms with Crippen LogP contribution in [-0.4, -0.2) is 36.0 Å². The average molecular weight is 346 g/mol. The molecule has 1 aromatic carbocycles. The average Bonchev–Trinajstić information content (AvgIpc) is 3.25. The van der Waals surface area contributed by atoms with Gasteiger partial charge in [0.15, 0.2) is 0 Å². The van der Waals surface area contributed by atoms with Crippen molar-refractivity contribution >= 4 is 17.6 Å². The number of hydrogen-bond acceptors (Lipinski definition) is 4. The second-order valence-corrected chi connectivity index (χ2v) is 5.85. The van der Waals surface area contributed by atoms with Crippen molar-refractivity contribution in [2.45, 2.75) is 19.0 Å². The molecule has 25 heavy (non-hydrogen) atoms. The van der Waals surface area contributed by atoms with Crippen molar-refractivity contribution in [3.05, 3.63) is 53.7 Å². The van der Waals surface area contributed by atoms with E-state index in [1.54, 1.807) is 11.0 Å². The first-order valence-corrected chi connectivity index (χ1v) is 7.95. The highest BCUT2D eigenvalue weighted by Crippen LogP contribution is 2.16. The fourth-order valence-corrected chi connectivity index (χ4v) is 2.73. The smallest absolute Gasteiger partial charge is 0.319 e. The molecule has 4 N–H and O–H groups in total. The largest absolute Gasteiger partial charge is 0.467 e. The van der Waals surface area contributed by atoms with Gasteiger partial charge < -0.3 is 25.7 Å². The van der Waals surface area contributed by atoms with Crippen LogP contribution in [0.15, 0.2) is 41.0 Å². The Morgan fingerprint density at radius 1 is 1.32 bits per heavy atom. The van der Waals surface area contributed by atoms with E-state index in [1.807, 2.05) is 0 Å². The lowest BCUT2D eigenvalue weighted by molar-refractivity contribution is 0.0789. The summed E-state index contributed by atoms with van der Waals surface area (Å²) in [5, 5.41) is 5.45. The number of anilines is 1. The summed E-state index contributed by atoms with van der Waals surface area (Å²) in [4.78, 5) is 26.0. The van der Waals surface area contributed by atoms with Crippen molar-refractivity contribution in [3.63, 3.8) is 0 Å². The third-order valence-electron chi connectivity index (χ3n) is 4.01. The Balaban J connectivity index is 1.51. The molecule has 1 aromatic heterocycles. The SMILES string of the molecule is NCc1cc(C(=O)N2CCC(NC(=O)Nc3ccc(F)cc3)C2)co1. The maximum Gasteiger partial charge on any atom is 0.319 e. The maximum absolute atomic E-state index is 12.9. The van der Waals surface area contributed by atoms with Gasteiger partial charge >= 0.3 is 6.03 Å². The molecule has 1 unspecified atom stereocenters. The topological polar surface area (TPSA) is 101 Å². The Hall–Kier alpha value is -2.87. The molecule has 0 aliphatic carbocycles. The van der Waals surface area contributed by atoms with Crippen LogP contribution < -0.4 is 16.4 Å². The van der Waals surface area contributed by atoms with E-state index in [0.29, 0.717) is 36.5 Å². The molecule has 1 aliphatic heterocycles. The monoisotopic (exact) mass is 346 g/mol. The van der Waals surface area contributed by atoms with E-state index >= 15 is 0 Å². The molecule has 1 saturated heterocycles. The Labute approximate surface area is 144 Å². The van der Waals surface area contributed by atoms with Crippen molar-refractivity contribution in [1.29, 1.82) is 0 Å². The van der Waals surface area contributed by atoms with Gasteiger partial charge in [-0.25, -0.2) is 9.18 Å². The number of likely N-dealkylation sites (tertiary alicyclic amines) is 1. The molecule has 0 bridgehead atoms. The van der Waals surface area contributed by atoms with Crippen LogP contribution in [0.2, 0.25) is 0 Å². The summed E-state index contributed by atoms with van der Waals surface area (Å²) in [5.41, 5.74) is 6.42. The van der Waals surface area contributed by atoms with E-state index in [2.05, 4.69) is 10.6 Å². The van der Waals surface area contributed by atoms with Crippen LogP contribution in [0.1, 0.15) is 22.5 Å². The predicted octanol–water partition coefficient (Wildman–Crippen LogP) is 1.91. The highest BCUT2D eigenvalue weighted by atomic mass is 19.1. The molecule has 1 atom stereocenters. The second kappa shape index (κ2) is 7.35. The van der Waals surface area contributed by atoms with E-state index in [4.69, 9.17) is 10.2 Å². The summed E-state index contributed by atoms with van der Waals surface area (Å²) < 4.78 is 18.0. The minimum Gasteiger partial charge on any atom is -0.467 e. The number of furan rings is 1. The molecule has 8 heteroatoms. The van der Waals surface area contributed by atoms with Crippen LogP contribution in [0.4, 0.5) is 14.9 Å². The number of carbonyl (C=O) groups is 2. The van der Waals surface area contributed by atoms with Gasteiger partial charge in [0.2, 0.25) is 0 Å². The summed E-state index contributed by atoms with van der Waals surface area (Å²) in [6.07, 6.45) is 2.05. The van der Waals surface area contributed by atoms with Crippen LogP contribution >= 0.6 is 0 Å². The van der Waals surface area contributed by atoms with Crippen LogP contribution in [-0.2, 0) is 6.54 Å². The Bertz CT molecular complexity index is 760. The highest BCUT2D eigenvalue weighted by molar-refractivity contribution is 5.94. The summed E-state index contributed by atoms with van der Waals surface area (Å²) >= 11 is 0. The van der Waals surface area contributed by atoms with E-state index in [1.165, 1.54) is 30.5 Å². The van der Waals surface area contributed by atoms with Crippen LogP contribution in [0.3, 0.4) is 0 Å². The number of rotatable bonds is 4. The van der Waals surface area contributed by atoms with Crippen molar-refractivity contribution in [2.75, 3.05) is 18.4 Å². The third-order valence-corrected chi connectivity index (χ3v) is 4.01. The minimum absolute atomic E-state index is 0.147. The molecule has 0 saturated carbocycles. The van der Waals surface area contributed by atoms with Crippen molar-refractivity contribution in [3.8, 4) is 0 Å². The molecule has 132 valence electrons. The summed E-state index contributed by atoms with van der Waals surface area (Å²) in [6, 6.07) is 6.59. The van der Waals surface area contributed by atoms with Gasteiger partial charge in [-0.15, -0.1) is 0 Å². The maximum atomic E-state index is 12.9. The molecule has 1 aliphatic rings. The number of carbonyl (C=O) groups excluding carboxylic acids is 2. The predicted molar refractivity (Wildman–Crippen MR) is 89.5 cm³/mol. The molecule has 2 heterocycles. The van der Waals surface area contributed by atoms with Gasteiger partial charge in [0.25, 0.3) is 5.91 Å². The van der Waals surface area contributed by atoms with E-state index in [-0.39, 0.29) is 30.3 Å². The number of amides is 3. The zero-order valence-electron chi connectivity index (χ0n) is 13.5. The lowest BCUT2D eigenvalue weighted by Gasteiger charge is -2.16. The lowest BCUT2D eigenvalue weighted by Crippen LogP contribution is -2.40. The first kappa shape index (κ1) is 17.0. The molecule has 0 radical (unpaired) electrons. The van der Waals surface area contributed by atoms with Gasteiger partial charge in [0, 0.05) is 24.8 Å². The quantitative estimate of drug-likeness (QED) is 0.787. The molecule has 3 rings (SSSR count). The van der Waals surface area contributed by atoms with Gasteiger partial charge in [0.1, 0.15) is 17.8 Å². The second-order valence-electron chi connectivity index (χ2n) is 5.85. The zero-order chi connectivity index (χ0) is 17.8. The first-order chi connectivity index (χ1) is 12.0. The molecule has 7 nitrogen and oxygen atoms in total. The molecule has 0 spiro atoms. The van der Waals surface area contributed by atoms with Crippen LogP contribution in [0.5, 0.6) is 0 Å². The number of hydrogen-bond donors (Lipinski definition) is 3. The summed E-state index contributed by atoms with van der Waals surface area (Å²) in [7, 11) is 0. The van der Waals surface area contributed by atoms with Gasteiger partial charge in [0.05, 0.1) is 12.1 Å². The molecule has 1 fully saturated rings. The standard InChI is InChI=1S/C17H19FN4O3/c18-12-1-3-13(4-2-12)20-17(24)21-14-5-6-22(9-14)16(23)11-7-15(8-19)25-10-11/h1-4,7,10,14H,5-6,8-9,19H2,(H2,20,21,24). The fourth-order valence-electron chi connectivity index (χ4n) is 2.73. The minimum atomic E-state index is -0.389. The number of benzene rings is 1. The summed E-state index contributed by atoms with van der Waals surface area (Å²) in [6.45, 7) is 1.20. The Morgan fingerprint density at radius 2 is 2.08 bits per heavy atom. The third kappa shape index (κ3) is 4.16. The lowest BCUT2D eigenvalue weighted by atomic mass is 10.2. The number of nitrogens with zero attached hydrogens (tertiary/aromatic N) is 1.